The molecule has 0 radical (unpaired) electrons. The Morgan fingerprint density at radius 2 is 2.00 bits per heavy atom. The third-order valence-electron chi connectivity index (χ3n) is 4.35. The lowest BCUT2D eigenvalue weighted by Gasteiger charge is -2.33. The third-order valence-corrected chi connectivity index (χ3v) is 4.35. The van der Waals surface area contributed by atoms with Crippen LogP contribution in [0.2, 0.25) is 0 Å². The van der Waals surface area contributed by atoms with Crippen molar-refractivity contribution in [2.24, 2.45) is 5.92 Å². The van der Waals surface area contributed by atoms with Crippen LogP contribution in [0.1, 0.15) is 37.7 Å². The zero-order chi connectivity index (χ0) is 12.5. The van der Waals surface area contributed by atoms with Gasteiger partial charge >= 0.3 is 0 Å². The summed E-state index contributed by atoms with van der Waals surface area (Å²) in [5.74, 6) is 0.468. The largest absolute Gasteiger partial charge is 0.368 e. The smallest absolute Gasteiger partial charge is 0.126 e. The Hall–Kier alpha value is -1.56. The Morgan fingerprint density at radius 3 is 2.83 bits per heavy atom. The number of nitrogens with zero attached hydrogens (tertiary/aromatic N) is 2. The fourth-order valence-corrected chi connectivity index (χ4v) is 3.53. The van der Waals surface area contributed by atoms with Crippen molar-refractivity contribution in [2.75, 3.05) is 11.4 Å². The minimum absolute atomic E-state index is 0.302. The van der Waals surface area contributed by atoms with Gasteiger partial charge in [-0.15, -0.1) is 0 Å². The molecule has 2 nitrogen and oxygen atoms in total. The van der Waals surface area contributed by atoms with Crippen molar-refractivity contribution < 1.29 is 4.39 Å². The van der Waals surface area contributed by atoms with Gasteiger partial charge in [-0.2, -0.15) is 5.26 Å². The van der Waals surface area contributed by atoms with Gasteiger partial charge in [0.15, 0.2) is 0 Å². The van der Waals surface area contributed by atoms with E-state index in [0.717, 1.165) is 18.2 Å². The van der Waals surface area contributed by atoms with E-state index >= 15 is 0 Å². The van der Waals surface area contributed by atoms with Gasteiger partial charge in [-0.05, 0) is 43.4 Å². The molecule has 2 aliphatic rings. The molecule has 1 heterocycles. The number of benzene rings is 1. The van der Waals surface area contributed by atoms with E-state index in [1.807, 2.05) is 12.1 Å². The lowest BCUT2D eigenvalue weighted by Crippen LogP contribution is -2.34. The van der Waals surface area contributed by atoms with E-state index in [0.29, 0.717) is 11.6 Å². The summed E-state index contributed by atoms with van der Waals surface area (Å²) >= 11 is 0. The zero-order valence-electron chi connectivity index (χ0n) is 10.4. The molecule has 0 spiro atoms. The lowest BCUT2D eigenvalue weighted by atomic mass is 9.85. The van der Waals surface area contributed by atoms with E-state index in [-0.39, 0.29) is 5.82 Å². The maximum atomic E-state index is 13.5. The number of halogens is 1. The van der Waals surface area contributed by atoms with Gasteiger partial charge in [0.25, 0.3) is 0 Å². The molecule has 0 N–H and O–H groups in total. The average Bonchev–Trinajstić information content (AvgIpc) is 2.81. The first-order valence-corrected chi connectivity index (χ1v) is 6.75. The fraction of sp³-hybridized carbons (Fsp3) is 0.533. The highest BCUT2D eigenvalue weighted by atomic mass is 19.1. The summed E-state index contributed by atoms with van der Waals surface area (Å²) in [6.07, 6.45) is 6.34. The van der Waals surface area contributed by atoms with Gasteiger partial charge in [-0.25, -0.2) is 4.39 Å². The Balaban J connectivity index is 1.91. The molecule has 0 amide bonds. The molecule has 2 unspecified atom stereocenters. The molecule has 1 aliphatic carbocycles. The molecule has 0 bridgehead atoms. The minimum atomic E-state index is -0.302. The first-order chi connectivity index (χ1) is 8.78. The molecular formula is C15H17FN2. The van der Waals surface area contributed by atoms with Crippen molar-refractivity contribution in [3.63, 3.8) is 0 Å². The lowest BCUT2D eigenvalue weighted by molar-refractivity contribution is 0.342. The quantitative estimate of drug-likeness (QED) is 0.756. The summed E-state index contributed by atoms with van der Waals surface area (Å²) in [6, 6.07) is 7.29. The second-order valence-corrected chi connectivity index (χ2v) is 5.40. The predicted octanol–water partition coefficient (Wildman–Crippen LogP) is 3.47. The van der Waals surface area contributed by atoms with Gasteiger partial charge < -0.3 is 4.90 Å². The van der Waals surface area contributed by atoms with Crippen LogP contribution in [0.4, 0.5) is 10.1 Å². The van der Waals surface area contributed by atoms with Gasteiger partial charge in [0.05, 0.1) is 11.6 Å². The number of anilines is 1. The molecule has 2 fully saturated rings. The summed E-state index contributed by atoms with van der Waals surface area (Å²) in [6.45, 7) is 1.00. The predicted molar refractivity (Wildman–Crippen MR) is 68.8 cm³/mol. The Bertz CT molecular complexity index is 492. The SMILES string of the molecule is N#Cc1cc(F)cc(N2CCC3CCCCC32)c1. The van der Waals surface area contributed by atoms with E-state index in [1.165, 1.54) is 38.2 Å². The maximum Gasteiger partial charge on any atom is 0.126 e. The van der Waals surface area contributed by atoms with Crippen LogP contribution in [0, 0.1) is 23.1 Å². The highest BCUT2D eigenvalue weighted by molar-refractivity contribution is 5.53. The van der Waals surface area contributed by atoms with Crippen molar-refractivity contribution in [3.8, 4) is 6.07 Å². The maximum absolute atomic E-state index is 13.5. The standard InChI is InChI=1S/C15H17FN2/c16-13-7-11(10-17)8-14(9-13)18-6-5-12-3-1-2-4-15(12)18/h7-9,12,15H,1-6H2. The summed E-state index contributed by atoms with van der Waals surface area (Å²) in [7, 11) is 0. The van der Waals surface area contributed by atoms with Gasteiger partial charge in [0, 0.05) is 18.3 Å². The molecule has 3 heteroatoms. The molecule has 3 rings (SSSR count). The van der Waals surface area contributed by atoms with E-state index in [1.54, 1.807) is 6.07 Å². The van der Waals surface area contributed by atoms with Gasteiger partial charge in [-0.3, -0.25) is 0 Å². The monoisotopic (exact) mass is 244 g/mol. The molecule has 1 saturated carbocycles. The van der Waals surface area contributed by atoms with Crippen molar-refractivity contribution in [3.05, 3.63) is 29.6 Å². The summed E-state index contributed by atoms with van der Waals surface area (Å²) in [5, 5.41) is 8.93. The van der Waals surface area contributed by atoms with Crippen LogP contribution in [-0.4, -0.2) is 12.6 Å². The fourth-order valence-electron chi connectivity index (χ4n) is 3.53. The molecule has 1 aromatic carbocycles. The Labute approximate surface area is 107 Å². The number of nitriles is 1. The third kappa shape index (κ3) is 1.96. The van der Waals surface area contributed by atoms with Crippen molar-refractivity contribution in [1.82, 2.24) is 0 Å². The zero-order valence-corrected chi connectivity index (χ0v) is 10.4. The first-order valence-electron chi connectivity index (χ1n) is 6.75. The van der Waals surface area contributed by atoms with E-state index in [9.17, 15) is 4.39 Å². The molecule has 18 heavy (non-hydrogen) atoms. The van der Waals surface area contributed by atoms with E-state index < -0.39 is 0 Å². The van der Waals surface area contributed by atoms with Crippen LogP contribution in [0.15, 0.2) is 18.2 Å². The van der Waals surface area contributed by atoms with Crippen molar-refractivity contribution in [1.29, 1.82) is 5.26 Å². The summed E-state index contributed by atoms with van der Waals surface area (Å²) in [4.78, 5) is 2.31. The number of hydrogen-bond donors (Lipinski definition) is 0. The molecule has 94 valence electrons. The Kier molecular flexibility index (Phi) is 2.95. The van der Waals surface area contributed by atoms with Gasteiger partial charge in [-0.1, -0.05) is 12.8 Å². The van der Waals surface area contributed by atoms with Crippen LogP contribution in [0.3, 0.4) is 0 Å². The molecule has 0 aromatic heterocycles. The Morgan fingerprint density at radius 1 is 1.17 bits per heavy atom. The van der Waals surface area contributed by atoms with Crippen LogP contribution in [-0.2, 0) is 0 Å². The molecular weight excluding hydrogens is 227 g/mol. The second-order valence-electron chi connectivity index (χ2n) is 5.40. The molecule has 1 saturated heterocycles. The van der Waals surface area contributed by atoms with Gasteiger partial charge in [0.2, 0.25) is 0 Å². The highest BCUT2D eigenvalue weighted by Crippen LogP contribution is 2.39. The van der Waals surface area contributed by atoms with Crippen LogP contribution in [0.5, 0.6) is 0 Å². The number of fused-ring (bicyclic) bond motifs is 1. The van der Waals surface area contributed by atoms with E-state index in [4.69, 9.17) is 5.26 Å². The summed E-state index contributed by atoms with van der Waals surface area (Å²) in [5.41, 5.74) is 1.31. The van der Waals surface area contributed by atoms with Crippen LogP contribution in [0.25, 0.3) is 0 Å². The van der Waals surface area contributed by atoms with Gasteiger partial charge in [0.1, 0.15) is 5.82 Å². The molecule has 1 aromatic rings. The van der Waals surface area contributed by atoms with Crippen molar-refractivity contribution >= 4 is 5.69 Å². The number of rotatable bonds is 1. The molecule has 1 aliphatic heterocycles. The normalized spacial score (nSPS) is 26.8. The number of hydrogen-bond acceptors (Lipinski definition) is 2. The van der Waals surface area contributed by atoms with E-state index in [2.05, 4.69) is 4.90 Å². The topological polar surface area (TPSA) is 27.0 Å². The minimum Gasteiger partial charge on any atom is -0.368 e. The summed E-state index contributed by atoms with van der Waals surface area (Å²) < 4.78 is 13.5. The van der Waals surface area contributed by atoms with Crippen LogP contribution < -0.4 is 4.90 Å². The molecule has 2 atom stereocenters. The second kappa shape index (κ2) is 4.61. The van der Waals surface area contributed by atoms with Crippen molar-refractivity contribution in [2.45, 2.75) is 38.1 Å². The van der Waals surface area contributed by atoms with Crippen LogP contribution >= 0.6 is 0 Å². The first kappa shape index (κ1) is 11.5. The average molecular weight is 244 g/mol. The highest BCUT2D eigenvalue weighted by Gasteiger charge is 2.35.